The predicted octanol–water partition coefficient (Wildman–Crippen LogP) is 4.44. The van der Waals surface area contributed by atoms with Crippen molar-refractivity contribution >= 4 is 11.8 Å². The second-order valence-electron chi connectivity index (χ2n) is 6.45. The molecule has 20 heavy (non-hydrogen) atoms. The zero-order valence-corrected chi connectivity index (χ0v) is 13.5. The minimum Gasteiger partial charge on any atom is -0.313 e. The third kappa shape index (κ3) is 3.59. The lowest BCUT2D eigenvalue weighted by molar-refractivity contribution is 0.285. The van der Waals surface area contributed by atoms with Gasteiger partial charge in [0, 0.05) is 23.2 Å². The molecule has 0 radical (unpaired) electrons. The van der Waals surface area contributed by atoms with Crippen LogP contribution in [0, 0.1) is 5.92 Å². The van der Waals surface area contributed by atoms with Crippen LogP contribution < -0.4 is 5.32 Å². The fraction of sp³-hybridized carbons (Fsp3) is 0.667. The largest absolute Gasteiger partial charge is 0.313 e. The van der Waals surface area contributed by atoms with Gasteiger partial charge in [-0.1, -0.05) is 25.8 Å². The molecule has 0 spiro atoms. The number of fused-ring (bicyclic) bond motifs is 1. The second kappa shape index (κ2) is 7.00. The molecule has 1 N–H and O–H groups in total. The van der Waals surface area contributed by atoms with E-state index in [1.165, 1.54) is 55.6 Å². The third-order valence-electron chi connectivity index (χ3n) is 4.96. The molecule has 2 unspecified atom stereocenters. The number of nitrogens with one attached hydrogen (secondary N) is 1. The molecule has 2 aliphatic rings. The topological polar surface area (TPSA) is 12.0 Å². The molecule has 3 rings (SSSR count). The molecular formula is C18H27NS. The van der Waals surface area contributed by atoms with Gasteiger partial charge in [-0.2, -0.15) is 0 Å². The standard InChI is InChI=1S/C18H27NS/c1-14-5-2-3-8-18(14)19-11-12-20-17-10-9-15-6-4-7-16(15)13-17/h9-10,13-14,18-19H,2-8,11-12H2,1H3. The Morgan fingerprint density at radius 2 is 1.95 bits per heavy atom. The normalized spacial score (nSPS) is 25.6. The summed E-state index contributed by atoms with van der Waals surface area (Å²) in [5, 5.41) is 3.77. The summed E-state index contributed by atoms with van der Waals surface area (Å²) in [5.74, 6) is 2.07. The van der Waals surface area contributed by atoms with Crippen LogP contribution in [0.25, 0.3) is 0 Å². The summed E-state index contributed by atoms with van der Waals surface area (Å²) in [5.41, 5.74) is 3.19. The number of hydrogen-bond donors (Lipinski definition) is 1. The first kappa shape index (κ1) is 14.5. The lowest BCUT2D eigenvalue weighted by Gasteiger charge is -2.29. The van der Waals surface area contributed by atoms with E-state index in [9.17, 15) is 0 Å². The summed E-state index contributed by atoms with van der Waals surface area (Å²) in [6, 6.07) is 7.86. The number of rotatable bonds is 5. The van der Waals surface area contributed by atoms with Crippen molar-refractivity contribution in [3.05, 3.63) is 29.3 Å². The molecule has 110 valence electrons. The molecule has 0 heterocycles. The molecule has 1 nitrogen and oxygen atoms in total. The Labute approximate surface area is 127 Å². The maximum absolute atomic E-state index is 3.77. The second-order valence-corrected chi connectivity index (χ2v) is 7.62. The van der Waals surface area contributed by atoms with Crippen LogP contribution in [0.4, 0.5) is 0 Å². The molecular weight excluding hydrogens is 262 g/mol. The summed E-state index contributed by atoms with van der Waals surface area (Å²) in [6.45, 7) is 3.56. The molecule has 0 amide bonds. The molecule has 0 aromatic heterocycles. The van der Waals surface area contributed by atoms with Crippen LogP contribution in [0.1, 0.15) is 50.2 Å². The van der Waals surface area contributed by atoms with Gasteiger partial charge >= 0.3 is 0 Å². The highest BCUT2D eigenvalue weighted by Crippen LogP contribution is 2.28. The van der Waals surface area contributed by atoms with E-state index in [4.69, 9.17) is 0 Å². The summed E-state index contributed by atoms with van der Waals surface area (Å²) >= 11 is 2.01. The monoisotopic (exact) mass is 289 g/mol. The van der Waals surface area contributed by atoms with E-state index in [1.807, 2.05) is 11.8 Å². The van der Waals surface area contributed by atoms with E-state index in [1.54, 1.807) is 11.1 Å². The average Bonchev–Trinajstić information content (AvgIpc) is 2.93. The molecule has 1 aromatic carbocycles. The Morgan fingerprint density at radius 3 is 2.85 bits per heavy atom. The Hall–Kier alpha value is -0.470. The minimum atomic E-state index is 0.768. The highest BCUT2D eigenvalue weighted by Gasteiger charge is 2.20. The van der Waals surface area contributed by atoms with E-state index in [-0.39, 0.29) is 0 Å². The van der Waals surface area contributed by atoms with Crippen molar-refractivity contribution in [3.8, 4) is 0 Å². The predicted molar refractivity (Wildman–Crippen MR) is 88.6 cm³/mol. The maximum Gasteiger partial charge on any atom is 0.0106 e. The quantitative estimate of drug-likeness (QED) is 0.635. The van der Waals surface area contributed by atoms with Crippen molar-refractivity contribution in [1.29, 1.82) is 0 Å². The summed E-state index contributed by atoms with van der Waals surface area (Å²) in [4.78, 5) is 1.46. The molecule has 1 saturated carbocycles. The molecule has 2 aliphatic carbocycles. The summed E-state index contributed by atoms with van der Waals surface area (Å²) in [6.07, 6.45) is 9.58. The van der Waals surface area contributed by atoms with Crippen LogP contribution in [0.15, 0.2) is 23.1 Å². The van der Waals surface area contributed by atoms with Crippen molar-refractivity contribution in [3.63, 3.8) is 0 Å². The zero-order chi connectivity index (χ0) is 13.8. The van der Waals surface area contributed by atoms with Gasteiger partial charge < -0.3 is 5.32 Å². The Kier molecular flexibility index (Phi) is 5.06. The Bertz CT molecular complexity index is 443. The van der Waals surface area contributed by atoms with E-state index >= 15 is 0 Å². The van der Waals surface area contributed by atoms with Crippen molar-refractivity contribution < 1.29 is 0 Å². The first-order chi connectivity index (χ1) is 9.83. The Morgan fingerprint density at radius 1 is 1.10 bits per heavy atom. The van der Waals surface area contributed by atoms with Crippen LogP contribution in [-0.2, 0) is 12.8 Å². The van der Waals surface area contributed by atoms with Crippen LogP contribution >= 0.6 is 11.8 Å². The lowest BCUT2D eigenvalue weighted by Crippen LogP contribution is -2.38. The van der Waals surface area contributed by atoms with E-state index in [0.717, 1.165) is 18.5 Å². The fourth-order valence-electron chi connectivity index (χ4n) is 3.67. The van der Waals surface area contributed by atoms with Crippen molar-refractivity contribution in [2.45, 2.75) is 62.8 Å². The Balaban J connectivity index is 1.41. The number of thioether (sulfide) groups is 1. The molecule has 0 bridgehead atoms. The van der Waals surface area contributed by atoms with Gasteiger partial charge in [0.05, 0.1) is 0 Å². The van der Waals surface area contributed by atoms with E-state index in [0.29, 0.717) is 0 Å². The number of benzene rings is 1. The molecule has 2 heteroatoms. The summed E-state index contributed by atoms with van der Waals surface area (Å²) < 4.78 is 0. The SMILES string of the molecule is CC1CCCCC1NCCSc1ccc2c(c1)CCC2. The van der Waals surface area contributed by atoms with E-state index < -0.39 is 0 Å². The first-order valence-electron chi connectivity index (χ1n) is 8.31. The minimum absolute atomic E-state index is 0.768. The summed E-state index contributed by atoms with van der Waals surface area (Å²) in [7, 11) is 0. The van der Waals surface area contributed by atoms with Crippen molar-refractivity contribution in [2.75, 3.05) is 12.3 Å². The van der Waals surface area contributed by atoms with E-state index in [2.05, 4.69) is 30.4 Å². The molecule has 0 aliphatic heterocycles. The third-order valence-corrected chi connectivity index (χ3v) is 5.95. The maximum atomic E-state index is 3.77. The number of hydrogen-bond acceptors (Lipinski definition) is 2. The van der Waals surface area contributed by atoms with Crippen LogP contribution in [0.3, 0.4) is 0 Å². The van der Waals surface area contributed by atoms with Gasteiger partial charge in [0.1, 0.15) is 0 Å². The van der Waals surface area contributed by atoms with Gasteiger partial charge in [0.2, 0.25) is 0 Å². The van der Waals surface area contributed by atoms with Crippen LogP contribution in [0.5, 0.6) is 0 Å². The van der Waals surface area contributed by atoms with Gasteiger partial charge in [-0.3, -0.25) is 0 Å². The van der Waals surface area contributed by atoms with Gasteiger partial charge in [-0.05, 0) is 61.3 Å². The van der Waals surface area contributed by atoms with Gasteiger partial charge in [0.25, 0.3) is 0 Å². The smallest absolute Gasteiger partial charge is 0.0106 e. The van der Waals surface area contributed by atoms with Gasteiger partial charge in [-0.25, -0.2) is 0 Å². The molecule has 0 saturated heterocycles. The fourth-order valence-corrected chi connectivity index (χ4v) is 4.52. The highest BCUT2D eigenvalue weighted by atomic mass is 32.2. The van der Waals surface area contributed by atoms with Crippen LogP contribution in [0.2, 0.25) is 0 Å². The number of aryl methyl sites for hydroxylation is 2. The lowest BCUT2D eigenvalue weighted by atomic mass is 9.86. The highest BCUT2D eigenvalue weighted by molar-refractivity contribution is 7.99. The molecule has 2 atom stereocenters. The van der Waals surface area contributed by atoms with Crippen molar-refractivity contribution in [2.24, 2.45) is 5.92 Å². The zero-order valence-electron chi connectivity index (χ0n) is 12.7. The first-order valence-corrected chi connectivity index (χ1v) is 9.29. The molecule has 1 aromatic rings. The van der Waals surface area contributed by atoms with Gasteiger partial charge in [-0.15, -0.1) is 11.8 Å². The average molecular weight is 289 g/mol. The molecule has 1 fully saturated rings. The van der Waals surface area contributed by atoms with Gasteiger partial charge in [0.15, 0.2) is 0 Å². The van der Waals surface area contributed by atoms with Crippen LogP contribution in [-0.4, -0.2) is 18.3 Å². The van der Waals surface area contributed by atoms with Crippen molar-refractivity contribution in [1.82, 2.24) is 5.32 Å².